The van der Waals surface area contributed by atoms with E-state index in [1.165, 1.54) is 7.11 Å². The van der Waals surface area contributed by atoms with E-state index in [1.54, 1.807) is 4.90 Å². The van der Waals surface area contributed by atoms with Gasteiger partial charge in [0.25, 0.3) is 0 Å². The van der Waals surface area contributed by atoms with Crippen molar-refractivity contribution in [1.29, 1.82) is 0 Å². The maximum Gasteiger partial charge on any atom is 0.309 e. The first-order valence-corrected chi connectivity index (χ1v) is 8.74. The summed E-state index contributed by atoms with van der Waals surface area (Å²) >= 11 is 0. The maximum absolute atomic E-state index is 12.2. The molecule has 1 saturated heterocycles. The second-order valence-corrected chi connectivity index (χ2v) is 6.16. The summed E-state index contributed by atoms with van der Waals surface area (Å²) in [4.78, 5) is 30.7. The predicted molar refractivity (Wildman–Crippen MR) is 99.9 cm³/mol. The number of aliphatic imine (C=N–C) groups is 1. The zero-order valence-electron chi connectivity index (χ0n) is 14.8. The lowest BCUT2D eigenvalue weighted by Crippen LogP contribution is -2.37. The minimum absolute atomic E-state index is 0.0307. The largest absolute Gasteiger partial charge is 0.469 e. The molecular weight excluding hydrogens is 328 g/mol. The van der Waals surface area contributed by atoms with Gasteiger partial charge in [0.2, 0.25) is 5.91 Å². The normalized spacial score (nSPS) is 14.8. The maximum atomic E-state index is 12.2. The molecule has 1 atom stereocenters. The van der Waals surface area contributed by atoms with E-state index in [2.05, 4.69) is 0 Å². The third kappa shape index (κ3) is 4.17. The summed E-state index contributed by atoms with van der Waals surface area (Å²) in [6.07, 6.45) is 0.774. The first-order valence-electron chi connectivity index (χ1n) is 8.74. The summed E-state index contributed by atoms with van der Waals surface area (Å²) in [5.41, 5.74) is 2.65. The Morgan fingerprint density at radius 1 is 1.08 bits per heavy atom. The van der Waals surface area contributed by atoms with E-state index >= 15 is 0 Å². The van der Waals surface area contributed by atoms with Gasteiger partial charge in [0.05, 0.1) is 19.2 Å². The molecule has 5 nitrogen and oxygen atoms in total. The van der Waals surface area contributed by atoms with Gasteiger partial charge < -0.3 is 9.64 Å². The topological polar surface area (TPSA) is 59.0 Å². The number of likely N-dealkylation sites (tertiary alicyclic amines) is 1. The van der Waals surface area contributed by atoms with Gasteiger partial charge in [-0.1, -0.05) is 60.7 Å². The Bertz CT molecular complexity index is 746. The fourth-order valence-corrected chi connectivity index (χ4v) is 3.10. The Morgan fingerprint density at radius 3 is 2.12 bits per heavy atom. The molecule has 1 heterocycles. The highest BCUT2D eigenvalue weighted by Gasteiger charge is 2.30. The van der Waals surface area contributed by atoms with E-state index in [1.807, 2.05) is 60.7 Å². The number of carbonyl (C=O) groups excluding carboxylic acids is 2. The molecule has 1 fully saturated rings. The smallest absolute Gasteiger partial charge is 0.309 e. The van der Waals surface area contributed by atoms with Gasteiger partial charge in [-0.2, -0.15) is 0 Å². The van der Waals surface area contributed by atoms with Gasteiger partial charge in [-0.3, -0.25) is 14.6 Å². The number of rotatable bonds is 6. The van der Waals surface area contributed by atoms with Crippen LogP contribution in [0.3, 0.4) is 0 Å². The number of ether oxygens (including phenoxy) is 1. The van der Waals surface area contributed by atoms with E-state index in [4.69, 9.17) is 9.73 Å². The molecule has 1 aliphatic heterocycles. The molecule has 0 N–H and O–H groups in total. The van der Waals surface area contributed by atoms with Gasteiger partial charge in [-0.05, 0) is 6.42 Å². The van der Waals surface area contributed by atoms with Crippen molar-refractivity contribution in [2.24, 2.45) is 4.99 Å². The van der Waals surface area contributed by atoms with E-state index in [0.717, 1.165) is 23.3 Å². The first-order chi connectivity index (χ1) is 12.7. The molecule has 1 amide bonds. The van der Waals surface area contributed by atoms with Crippen LogP contribution in [0.15, 0.2) is 65.7 Å². The first kappa shape index (κ1) is 17.9. The van der Waals surface area contributed by atoms with E-state index in [0.29, 0.717) is 13.0 Å². The van der Waals surface area contributed by atoms with Crippen molar-refractivity contribution in [1.82, 2.24) is 4.90 Å². The zero-order valence-corrected chi connectivity index (χ0v) is 14.8. The van der Waals surface area contributed by atoms with Gasteiger partial charge in [0.15, 0.2) is 0 Å². The number of methoxy groups -OCH3 is 1. The van der Waals surface area contributed by atoms with Gasteiger partial charge >= 0.3 is 5.97 Å². The number of hydrogen-bond donors (Lipinski definition) is 0. The van der Waals surface area contributed by atoms with Crippen LogP contribution in [0.25, 0.3) is 0 Å². The summed E-state index contributed by atoms with van der Waals surface area (Å²) < 4.78 is 4.82. The molecule has 26 heavy (non-hydrogen) atoms. The minimum Gasteiger partial charge on any atom is -0.469 e. The molecular formula is C21H22N2O3. The quantitative estimate of drug-likeness (QED) is 0.594. The minimum atomic E-state index is -0.562. The second kappa shape index (κ2) is 8.43. The fourth-order valence-electron chi connectivity index (χ4n) is 3.10. The molecule has 5 heteroatoms. The number of carbonyl (C=O) groups is 2. The molecule has 134 valence electrons. The van der Waals surface area contributed by atoms with E-state index < -0.39 is 6.17 Å². The molecule has 1 aliphatic rings. The standard InChI is InChI=1S/C21H22N2O3/c1-26-20(25)15-18(23-14-8-13-19(23)24)22-21(16-9-4-2-5-10-16)17-11-6-3-7-12-17/h2-7,9-12,18H,8,13-15H2,1H3. The van der Waals surface area contributed by atoms with Crippen molar-refractivity contribution in [2.45, 2.75) is 25.4 Å². The number of amides is 1. The van der Waals surface area contributed by atoms with Crippen LogP contribution in [0.1, 0.15) is 30.4 Å². The number of hydrogen-bond acceptors (Lipinski definition) is 4. The molecule has 0 bridgehead atoms. The third-order valence-electron chi connectivity index (χ3n) is 4.42. The lowest BCUT2D eigenvalue weighted by atomic mass is 10.0. The average Bonchev–Trinajstić information content (AvgIpc) is 3.12. The monoisotopic (exact) mass is 350 g/mol. The highest BCUT2D eigenvalue weighted by Crippen LogP contribution is 2.20. The van der Waals surface area contributed by atoms with Gasteiger partial charge in [0.1, 0.15) is 6.17 Å². The Balaban J connectivity index is 2.04. The lowest BCUT2D eigenvalue weighted by Gasteiger charge is -2.25. The van der Waals surface area contributed by atoms with Gasteiger partial charge in [0, 0.05) is 24.1 Å². The zero-order chi connectivity index (χ0) is 18.4. The van der Waals surface area contributed by atoms with Crippen molar-refractivity contribution in [2.75, 3.05) is 13.7 Å². The van der Waals surface area contributed by atoms with Crippen molar-refractivity contribution >= 4 is 17.6 Å². The predicted octanol–water partition coefficient (Wildman–Crippen LogP) is 3.04. The van der Waals surface area contributed by atoms with Crippen molar-refractivity contribution in [3.63, 3.8) is 0 Å². The summed E-state index contributed by atoms with van der Waals surface area (Å²) in [5.74, 6) is -0.345. The Hall–Kier alpha value is -2.95. The van der Waals surface area contributed by atoms with Crippen LogP contribution in [-0.4, -0.2) is 42.3 Å². The Labute approximate surface area is 153 Å². The Kier molecular flexibility index (Phi) is 5.79. The highest BCUT2D eigenvalue weighted by molar-refractivity contribution is 6.13. The SMILES string of the molecule is COC(=O)CC(N=C(c1ccccc1)c1ccccc1)N1CCCC1=O. The van der Waals surface area contributed by atoms with Crippen LogP contribution in [-0.2, 0) is 14.3 Å². The van der Waals surface area contributed by atoms with Gasteiger partial charge in [-0.25, -0.2) is 0 Å². The van der Waals surface area contributed by atoms with E-state index in [9.17, 15) is 9.59 Å². The number of benzene rings is 2. The van der Waals surface area contributed by atoms with Crippen LogP contribution in [0.5, 0.6) is 0 Å². The van der Waals surface area contributed by atoms with Crippen molar-refractivity contribution < 1.29 is 14.3 Å². The number of nitrogens with zero attached hydrogens (tertiary/aromatic N) is 2. The van der Waals surface area contributed by atoms with Gasteiger partial charge in [-0.15, -0.1) is 0 Å². The molecule has 0 saturated carbocycles. The fraction of sp³-hybridized carbons (Fsp3) is 0.286. The number of esters is 1. The molecule has 0 aliphatic carbocycles. The summed E-state index contributed by atoms with van der Waals surface area (Å²) in [6.45, 7) is 0.612. The van der Waals surface area contributed by atoms with Crippen LogP contribution in [0.4, 0.5) is 0 Å². The molecule has 1 unspecified atom stereocenters. The van der Waals surface area contributed by atoms with Crippen LogP contribution >= 0.6 is 0 Å². The molecule has 0 spiro atoms. The van der Waals surface area contributed by atoms with Crippen molar-refractivity contribution in [3.8, 4) is 0 Å². The van der Waals surface area contributed by atoms with Crippen molar-refractivity contribution in [3.05, 3.63) is 71.8 Å². The molecule has 0 aromatic heterocycles. The molecule has 3 rings (SSSR count). The summed E-state index contributed by atoms with van der Waals surface area (Å²) in [7, 11) is 1.35. The molecule has 0 radical (unpaired) electrons. The Morgan fingerprint density at radius 2 is 1.65 bits per heavy atom. The van der Waals surface area contributed by atoms with Crippen LogP contribution in [0, 0.1) is 0 Å². The molecule has 2 aromatic carbocycles. The average molecular weight is 350 g/mol. The summed E-state index contributed by atoms with van der Waals surface area (Å²) in [5, 5.41) is 0. The summed E-state index contributed by atoms with van der Waals surface area (Å²) in [6, 6.07) is 19.6. The highest BCUT2D eigenvalue weighted by atomic mass is 16.5. The van der Waals surface area contributed by atoms with E-state index in [-0.39, 0.29) is 18.3 Å². The van der Waals surface area contributed by atoms with Crippen LogP contribution < -0.4 is 0 Å². The van der Waals surface area contributed by atoms with Crippen LogP contribution in [0.2, 0.25) is 0 Å². The second-order valence-electron chi connectivity index (χ2n) is 6.16. The molecule has 2 aromatic rings. The lowest BCUT2D eigenvalue weighted by molar-refractivity contribution is -0.142. The third-order valence-corrected chi connectivity index (χ3v) is 4.42.